The first kappa shape index (κ1) is 13.1. The van der Waals surface area contributed by atoms with Crippen LogP contribution in [0.15, 0.2) is 0 Å². The molecule has 0 fully saturated rings. The first-order valence-electron chi connectivity index (χ1n) is 4.28. The van der Waals surface area contributed by atoms with Gasteiger partial charge >= 0.3 is 0 Å². The van der Waals surface area contributed by atoms with E-state index in [1.165, 1.54) is 0 Å². The Kier molecular flexibility index (Phi) is 5.12. The van der Waals surface area contributed by atoms with Crippen LogP contribution >= 0.6 is 0 Å². The second kappa shape index (κ2) is 5.09. The molecular formula is C7H18O4SSi. The molecule has 0 aliphatic heterocycles. The summed E-state index contributed by atoms with van der Waals surface area (Å²) in [5.74, 6) is 0.0138. The van der Waals surface area contributed by atoms with Crippen LogP contribution in [0.4, 0.5) is 0 Å². The van der Waals surface area contributed by atoms with E-state index in [9.17, 15) is 8.42 Å². The van der Waals surface area contributed by atoms with Crippen molar-refractivity contribution in [3.05, 3.63) is 0 Å². The lowest BCUT2D eigenvalue weighted by atomic mass is 10.8. The molecule has 0 atom stereocenters. The van der Waals surface area contributed by atoms with Crippen molar-refractivity contribution < 1.29 is 17.0 Å². The lowest BCUT2D eigenvalue weighted by Crippen LogP contribution is -2.27. The monoisotopic (exact) mass is 226 g/mol. The van der Waals surface area contributed by atoms with E-state index in [4.69, 9.17) is 4.43 Å². The van der Waals surface area contributed by atoms with E-state index in [0.29, 0.717) is 6.61 Å². The minimum Gasteiger partial charge on any atom is -0.415 e. The summed E-state index contributed by atoms with van der Waals surface area (Å²) >= 11 is 0. The van der Waals surface area contributed by atoms with Gasteiger partial charge in [0.15, 0.2) is 8.32 Å². The van der Waals surface area contributed by atoms with Crippen molar-refractivity contribution >= 4 is 18.4 Å². The summed E-state index contributed by atoms with van der Waals surface area (Å²) in [5, 5.41) is 0. The predicted molar refractivity (Wildman–Crippen MR) is 54.7 cm³/mol. The van der Waals surface area contributed by atoms with Gasteiger partial charge in [0.2, 0.25) is 0 Å². The molecule has 0 N–H and O–H groups in total. The van der Waals surface area contributed by atoms with Crippen molar-refractivity contribution in [2.45, 2.75) is 26.6 Å². The molecule has 0 amide bonds. The van der Waals surface area contributed by atoms with Gasteiger partial charge in [0, 0.05) is 0 Å². The first-order valence-corrected chi connectivity index (χ1v) is 9.26. The molecule has 0 saturated carbocycles. The Hall–Kier alpha value is 0.0869. The Bertz CT molecular complexity index is 229. The van der Waals surface area contributed by atoms with Gasteiger partial charge in [-0.25, -0.2) is 0 Å². The Morgan fingerprint density at radius 2 is 1.69 bits per heavy atom. The van der Waals surface area contributed by atoms with Crippen LogP contribution in [-0.4, -0.2) is 35.7 Å². The molecule has 0 bridgehead atoms. The summed E-state index contributed by atoms with van der Waals surface area (Å²) in [6.45, 7) is 8.16. The molecule has 0 unspecified atom stereocenters. The van der Waals surface area contributed by atoms with E-state index in [0.717, 1.165) is 0 Å². The summed E-state index contributed by atoms with van der Waals surface area (Å²) in [6.07, 6.45) is 0. The third kappa shape index (κ3) is 8.42. The highest BCUT2D eigenvalue weighted by atomic mass is 32.2. The van der Waals surface area contributed by atoms with E-state index in [2.05, 4.69) is 4.18 Å². The first-order chi connectivity index (χ1) is 5.77. The standard InChI is InChI=1S/C7H18O4SSi/c1-5-12(8,9)10-6-7-11-13(2,3)4/h5-7H2,1-4H3. The zero-order valence-corrected chi connectivity index (χ0v) is 10.5. The lowest BCUT2D eigenvalue weighted by Gasteiger charge is -2.16. The molecule has 0 aliphatic rings. The normalized spacial score (nSPS) is 13.2. The smallest absolute Gasteiger partial charge is 0.267 e. The molecule has 0 aliphatic carbocycles. The fourth-order valence-electron chi connectivity index (χ4n) is 0.592. The van der Waals surface area contributed by atoms with E-state index >= 15 is 0 Å². The molecule has 0 saturated heterocycles. The van der Waals surface area contributed by atoms with Crippen molar-refractivity contribution in [1.82, 2.24) is 0 Å². The van der Waals surface area contributed by atoms with Crippen LogP contribution in [0, 0.1) is 0 Å². The highest BCUT2D eigenvalue weighted by Crippen LogP contribution is 2.02. The van der Waals surface area contributed by atoms with Gasteiger partial charge in [-0.2, -0.15) is 8.42 Å². The van der Waals surface area contributed by atoms with Crippen molar-refractivity contribution in [3.63, 3.8) is 0 Å². The summed E-state index contributed by atoms with van der Waals surface area (Å²) in [6, 6.07) is 0. The van der Waals surface area contributed by atoms with Gasteiger partial charge in [-0.1, -0.05) is 0 Å². The third-order valence-corrected chi connectivity index (χ3v) is 3.54. The maximum absolute atomic E-state index is 10.9. The van der Waals surface area contributed by atoms with Crippen molar-refractivity contribution in [2.24, 2.45) is 0 Å². The fraction of sp³-hybridized carbons (Fsp3) is 1.00. The number of rotatable bonds is 6. The molecule has 6 heteroatoms. The van der Waals surface area contributed by atoms with Crippen LogP contribution in [-0.2, 0) is 18.7 Å². The zero-order chi connectivity index (χ0) is 10.5. The van der Waals surface area contributed by atoms with Crippen LogP contribution in [0.5, 0.6) is 0 Å². The van der Waals surface area contributed by atoms with E-state index in [1.54, 1.807) is 6.92 Å². The van der Waals surface area contributed by atoms with Crippen LogP contribution < -0.4 is 0 Å². The van der Waals surface area contributed by atoms with E-state index in [1.807, 2.05) is 19.6 Å². The molecule has 4 nitrogen and oxygen atoms in total. The fourth-order valence-corrected chi connectivity index (χ4v) is 1.78. The summed E-state index contributed by atoms with van der Waals surface area (Å²) in [4.78, 5) is 0. The Morgan fingerprint density at radius 3 is 2.08 bits per heavy atom. The van der Waals surface area contributed by atoms with Crippen LogP contribution in [0.1, 0.15) is 6.92 Å². The molecule has 13 heavy (non-hydrogen) atoms. The van der Waals surface area contributed by atoms with Gasteiger partial charge in [0.1, 0.15) is 0 Å². The second-order valence-corrected chi connectivity index (χ2v) is 10.1. The highest BCUT2D eigenvalue weighted by molar-refractivity contribution is 7.86. The third-order valence-electron chi connectivity index (χ3n) is 1.23. The maximum Gasteiger partial charge on any atom is 0.267 e. The second-order valence-electron chi connectivity index (χ2n) is 3.63. The topological polar surface area (TPSA) is 52.6 Å². The molecular weight excluding hydrogens is 208 g/mol. The average Bonchev–Trinajstić information content (AvgIpc) is 1.97. The van der Waals surface area contributed by atoms with Gasteiger partial charge in [-0.3, -0.25) is 4.18 Å². The zero-order valence-electron chi connectivity index (χ0n) is 8.66. The van der Waals surface area contributed by atoms with Crippen LogP contribution in [0.25, 0.3) is 0 Å². The van der Waals surface area contributed by atoms with Gasteiger partial charge in [0.05, 0.1) is 19.0 Å². The average molecular weight is 226 g/mol. The minimum absolute atomic E-state index is 0.0138. The highest BCUT2D eigenvalue weighted by Gasteiger charge is 2.14. The lowest BCUT2D eigenvalue weighted by molar-refractivity contribution is 0.217. The SMILES string of the molecule is CCS(=O)(=O)OCCO[Si](C)(C)C. The van der Waals surface area contributed by atoms with E-state index in [-0.39, 0.29) is 12.4 Å². The maximum atomic E-state index is 10.9. The minimum atomic E-state index is -3.30. The Balaban J connectivity index is 3.59. The summed E-state index contributed by atoms with van der Waals surface area (Å²) < 4.78 is 31.8. The molecule has 0 aromatic rings. The number of hydrogen-bond acceptors (Lipinski definition) is 4. The van der Waals surface area contributed by atoms with Gasteiger partial charge in [0.25, 0.3) is 10.1 Å². The Labute approximate surface area is 81.5 Å². The van der Waals surface area contributed by atoms with Gasteiger partial charge in [-0.15, -0.1) is 0 Å². The van der Waals surface area contributed by atoms with E-state index < -0.39 is 18.4 Å². The van der Waals surface area contributed by atoms with Crippen molar-refractivity contribution in [3.8, 4) is 0 Å². The molecule has 0 heterocycles. The van der Waals surface area contributed by atoms with Crippen LogP contribution in [0.2, 0.25) is 19.6 Å². The summed E-state index contributed by atoms with van der Waals surface area (Å²) in [7, 11) is -4.84. The molecule has 0 spiro atoms. The number of hydrogen-bond donors (Lipinski definition) is 0. The largest absolute Gasteiger partial charge is 0.415 e. The molecule has 0 rings (SSSR count). The van der Waals surface area contributed by atoms with Crippen LogP contribution in [0.3, 0.4) is 0 Å². The molecule has 0 aromatic carbocycles. The van der Waals surface area contributed by atoms with Gasteiger partial charge < -0.3 is 4.43 Å². The molecule has 80 valence electrons. The summed E-state index contributed by atoms with van der Waals surface area (Å²) in [5.41, 5.74) is 0. The quantitative estimate of drug-likeness (QED) is 0.388. The predicted octanol–water partition coefficient (Wildman–Crippen LogP) is 1.20. The molecule has 0 radical (unpaired) electrons. The molecule has 0 aromatic heterocycles. The van der Waals surface area contributed by atoms with Crippen molar-refractivity contribution in [1.29, 1.82) is 0 Å². The van der Waals surface area contributed by atoms with Gasteiger partial charge in [-0.05, 0) is 26.6 Å². The van der Waals surface area contributed by atoms with Crippen molar-refractivity contribution in [2.75, 3.05) is 19.0 Å². The Morgan fingerprint density at radius 1 is 1.15 bits per heavy atom.